The fraction of sp³-hybridized carbons (Fsp3) is 0.0667. The number of hydrogen-bond donors (Lipinski definition) is 1. The van der Waals surface area contributed by atoms with Crippen LogP contribution in [0.5, 0.6) is 0 Å². The average Bonchev–Trinajstić information content (AvgIpc) is 3.02. The highest BCUT2D eigenvalue weighted by molar-refractivity contribution is 6.30. The van der Waals surface area contributed by atoms with Gasteiger partial charge in [-0.3, -0.25) is 4.79 Å². The average molecular weight is 349 g/mol. The fourth-order valence-electron chi connectivity index (χ4n) is 1.84. The van der Waals surface area contributed by atoms with E-state index in [0.29, 0.717) is 33.0 Å². The Morgan fingerprint density at radius 3 is 2.83 bits per heavy atom. The number of nitrogens with zero attached hydrogens (tertiary/aromatic N) is 3. The molecule has 6 nitrogen and oxygen atoms in total. The molecule has 0 atom stereocenters. The molecule has 8 heteroatoms. The summed E-state index contributed by atoms with van der Waals surface area (Å²) in [5.41, 5.74) is 1.11. The van der Waals surface area contributed by atoms with Crippen LogP contribution in [0.25, 0.3) is 11.5 Å². The molecule has 0 saturated carbocycles. The molecule has 0 aliphatic heterocycles. The van der Waals surface area contributed by atoms with E-state index in [1.807, 2.05) is 0 Å². The topological polar surface area (TPSA) is 80.9 Å². The minimum atomic E-state index is -0.303. The van der Waals surface area contributed by atoms with Crippen LogP contribution in [0.2, 0.25) is 10.2 Å². The van der Waals surface area contributed by atoms with E-state index in [2.05, 4.69) is 20.4 Å². The molecule has 0 saturated heterocycles. The summed E-state index contributed by atoms with van der Waals surface area (Å²) >= 11 is 11.6. The summed E-state index contributed by atoms with van der Waals surface area (Å²) in [5.74, 6) is 0.392. The number of carbonyl (C=O) groups excluding carboxylic acids is 1. The molecule has 2 heterocycles. The molecule has 0 bridgehead atoms. The van der Waals surface area contributed by atoms with Crippen LogP contribution in [0.4, 0.5) is 0 Å². The summed E-state index contributed by atoms with van der Waals surface area (Å²) in [6, 6.07) is 10.2. The Morgan fingerprint density at radius 2 is 2.09 bits per heavy atom. The van der Waals surface area contributed by atoms with Crippen molar-refractivity contribution in [2.75, 3.05) is 0 Å². The van der Waals surface area contributed by atoms with Gasteiger partial charge in [-0.2, -0.15) is 4.98 Å². The standard InChI is InChI=1S/C15H10Cl2N4O2/c16-11-3-1-2-9(6-11)15-20-13(21-23-15)8-19-14(22)10-4-5-12(17)18-7-10/h1-7H,8H2,(H,19,22). The molecule has 1 N–H and O–H groups in total. The fourth-order valence-corrected chi connectivity index (χ4v) is 2.14. The minimum absolute atomic E-state index is 0.130. The molecule has 2 aromatic heterocycles. The number of rotatable bonds is 4. The van der Waals surface area contributed by atoms with Crippen LogP contribution in [-0.2, 0) is 6.54 Å². The van der Waals surface area contributed by atoms with Gasteiger partial charge in [0, 0.05) is 16.8 Å². The van der Waals surface area contributed by atoms with Crippen LogP contribution in [0, 0.1) is 0 Å². The van der Waals surface area contributed by atoms with E-state index in [1.54, 1.807) is 36.4 Å². The molecule has 3 aromatic rings. The van der Waals surface area contributed by atoms with Crippen LogP contribution >= 0.6 is 23.2 Å². The van der Waals surface area contributed by atoms with Gasteiger partial charge in [-0.1, -0.05) is 34.4 Å². The van der Waals surface area contributed by atoms with E-state index < -0.39 is 0 Å². The molecular formula is C15H10Cl2N4O2. The summed E-state index contributed by atoms with van der Waals surface area (Å²) in [5, 5.41) is 7.40. The Labute approximate surface area is 141 Å². The van der Waals surface area contributed by atoms with Gasteiger partial charge in [-0.25, -0.2) is 4.98 Å². The molecule has 0 radical (unpaired) electrons. The van der Waals surface area contributed by atoms with Crippen LogP contribution in [0.3, 0.4) is 0 Å². The zero-order valence-electron chi connectivity index (χ0n) is 11.7. The Morgan fingerprint density at radius 1 is 1.22 bits per heavy atom. The van der Waals surface area contributed by atoms with Gasteiger partial charge in [0.2, 0.25) is 0 Å². The van der Waals surface area contributed by atoms with Crippen LogP contribution in [-0.4, -0.2) is 21.0 Å². The predicted molar refractivity (Wildman–Crippen MR) is 85.2 cm³/mol. The number of carbonyl (C=O) groups is 1. The largest absolute Gasteiger partial charge is 0.345 e. The maximum absolute atomic E-state index is 12.0. The molecule has 23 heavy (non-hydrogen) atoms. The molecule has 0 fully saturated rings. The van der Waals surface area contributed by atoms with Crippen molar-refractivity contribution in [2.45, 2.75) is 6.54 Å². The molecule has 1 aromatic carbocycles. The number of hydrogen-bond acceptors (Lipinski definition) is 5. The van der Waals surface area contributed by atoms with Crippen molar-refractivity contribution in [2.24, 2.45) is 0 Å². The van der Waals surface area contributed by atoms with E-state index in [0.717, 1.165) is 0 Å². The third-order valence-electron chi connectivity index (χ3n) is 2.94. The normalized spacial score (nSPS) is 10.5. The van der Waals surface area contributed by atoms with E-state index >= 15 is 0 Å². The Hall–Kier alpha value is -2.44. The molecular weight excluding hydrogens is 339 g/mol. The van der Waals surface area contributed by atoms with Crippen molar-refractivity contribution in [1.82, 2.24) is 20.4 Å². The summed E-state index contributed by atoms with van der Waals surface area (Å²) in [4.78, 5) is 20.0. The highest BCUT2D eigenvalue weighted by atomic mass is 35.5. The van der Waals surface area contributed by atoms with Crippen molar-refractivity contribution in [3.05, 3.63) is 64.2 Å². The monoisotopic (exact) mass is 348 g/mol. The van der Waals surface area contributed by atoms with Gasteiger partial charge in [0.05, 0.1) is 12.1 Å². The van der Waals surface area contributed by atoms with Gasteiger partial charge in [-0.05, 0) is 30.3 Å². The number of amides is 1. The molecule has 0 unspecified atom stereocenters. The van der Waals surface area contributed by atoms with Gasteiger partial charge in [0.15, 0.2) is 5.82 Å². The Kier molecular flexibility index (Phi) is 4.55. The van der Waals surface area contributed by atoms with Gasteiger partial charge in [0.25, 0.3) is 11.8 Å². The number of pyridine rings is 1. The maximum atomic E-state index is 12.0. The zero-order valence-corrected chi connectivity index (χ0v) is 13.2. The van der Waals surface area contributed by atoms with Crippen molar-refractivity contribution in [1.29, 1.82) is 0 Å². The number of benzene rings is 1. The molecule has 3 rings (SSSR count). The van der Waals surface area contributed by atoms with E-state index in [1.165, 1.54) is 6.20 Å². The van der Waals surface area contributed by atoms with Crippen molar-refractivity contribution >= 4 is 29.1 Å². The maximum Gasteiger partial charge on any atom is 0.258 e. The lowest BCUT2D eigenvalue weighted by atomic mass is 10.2. The highest BCUT2D eigenvalue weighted by Gasteiger charge is 2.11. The van der Waals surface area contributed by atoms with E-state index in [9.17, 15) is 4.79 Å². The Bertz CT molecular complexity index is 834. The third kappa shape index (κ3) is 3.85. The van der Waals surface area contributed by atoms with Crippen LogP contribution < -0.4 is 5.32 Å². The quantitative estimate of drug-likeness (QED) is 0.731. The molecule has 0 aliphatic carbocycles. The SMILES string of the molecule is O=C(NCc1noc(-c2cccc(Cl)c2)n1)c1ccc(Cl)nc1. The lowest BCUT2D eigenvalue weighted by Gasteiger charge is -2.01. The van der Waals surface area contributed by atoms with E-state index in [-0.39, 0.29) is 12.5 Å². The minimum Gasteiger partial charge on any atom is -0.345 e. The van der Waals surface area contributed by atoms with Crippen molar-refractivity contribution < 1.29 is 9.32 Å². The number of aromatic nitrogens is 3. The summed E-state index contributed by atoms with van der Waals surface area (Å²) in [6.45, 7) is 0.130. The summed E-state index contributed by atoms with van der Waals surface area (Å²) in [7, 11) is 0. The van der Waals surface area contributed by atoms with Gasteiger partial charge >= 0.3 is 0 Å². The van der Waals surface area contributed by atoms with Crippen LogP contribution in [0.1, 0.15) is 16.2 Å². The first kappa shape index (κ1) is 15.5. The van der Waals surface area contributed by atoms with E-state index in [4.69, 9.17) is 27.7 Å². The number of nitrogens with one attached hydrogen (secondary N) is 1. The van der Waals surface area contributed by atoms with Gasteiger partial charge < -0.3 is 9.84 Å². The molecule has 116 valence electrons. The van der Waals surface area contributed by atoms with Gasteiger partial charge in [-0.15, -0.1) is 0 Å². The van der Waals surface area contributed by atoms with Crippen LogP contribution in [0.15, 0.2) is 47.1 Å². The number of halogens is 2. The lowest BCUT2D eigenvalue weighted by Crippen LogP contribution is -2.23. The first-order valence-corrected chi connectivity index (χ1v) is 7.36. The molecule has 0 aliphatic rings. The van der Waals surface area contributed by atoms with Crippen molar-refractivity contribution in [3.63, 3.8) is 0 Å². The van der Waals surface area contributed by atoms with Crippen molar-refractivity contribution in [3.8, 4) is 11.5 Å². The first-order chi connectivity index (χ1) is 11.1. The third-order valence-corrected chi connectivity index (χ3v) is 3.39. The Balaban J connectivity index is 1.65. The zero-order chi connectivity index (χ0) is 16.2. The molecule has 0 spiro atoms. The predicted octanol–water partition coefficient (Wildman–Crippen LogP) is 3.37. The van der Waals surface area contributed by atoms with Gasteiger partial charge in [0.1, 0.15) is 5.15 Å². The summed E-state index contributed by atoms with van der Waals surface area (Å²) < 4.78 is 5.16. The second-order valence-corrected chi connectivity index (χ2v) is 5.40. The summed E-state index contributed by atoms with van der Waals surface area (Å²) in [6.07, 6.45) is 1.39. The second-order valence-electron chi connectivity index (χ2n) is 4.58. The smallest absolute Gasteiger partial charge is 0.258 e. The second kappa shape index (κ2) is 6.76. The highest BCUT2D eigenvalue weighted by Crippen LogP contribution is 2.20. The molecule has 1 amide bonds. The lowest BCUT2D eigenvalue weighted by molar-refractivity contribution is 0.0949. The first-order valence-electron chi connectivity index (χ1n) is 6.60.